The second-order valence-electron chi connectivity index (χ2n) is 2.92. The fraction of sp³-hybridized carbons (Fsp3) is 0.625. The van der Waals surface area contributed by atoms with Crippen LogP contribution in [0.5, 0.6) is 0 Å². The van der Waals surface area contributed by atoms with Gasteiger partial charge in [0.25, 0.3) is 0 Å². The molecule has 0 aliphatic heterocycles. The number of imidazole rings is 1. The maximum atomic E-state index is 10.7. The SMILES string of the molecule is Cn1ccnc1NCCCS(C)=O. The summed E-state index contributed by atoms with van der Waals surface area (Å²) in [5.74, 6) is 1.61. The fourth-order valence-corrected chi connectivity index (χ4v) is 1.56. The minimum absolute atomic E-state index is 0.686. The number of hydrogen-bond donors (Lipinski definition) is 1. The van der Waals surface area contributed by atoms with E-state index in [9.17, 15) is 4.21 Å². The molecule has 0 saturated heterocycles. The normalized spacial score (nSPS) is 12.8. The van der Waals surface area contributed by atoms with Crippen molar-refractivity contribution >= 4 is 16.7 Å². The molecule has 1 aromatic rings. The second-order valence-corrected chi connectivity index (χ2v) is 4.47. The van der Waals surface area contributed by atoms with Crippen molar-refractivity contribution in [3.63, 3.8) is 0 Å². The monoisotopic (exact) mass is 201 g/mol. The van der Waals surface area contributed by atoms with Gasteiger partial charge in [0.1, 0.15) is 0 Å². The highest BCUT2D eigenvalue weighted by Gasteiger charge is 1.96. The Morgan fingerprint density at radius 3 is 3.00 bits per heavy atom. The number of anilines is 1. The zero-order valence-corrected chi connectivity index (χ0v) is 8.80. The van der Waals surface area contributed by atoms with Crippen molar-refractivity contribution in [3.05, 3.63) is 12.4 Å². The van der Waals surface area contributed by atoms with Crippen LogP contribution in [0.4, 0.5) is 5.95 Å². The number of nitrogens with zero attached hydrogens (tertiary/aromatic N) is 2. The molecule has 1 rings (SSSR count). The summed E-state index contributed by atoms with van der Waals surface area (Å²) in [6.07, 6.45) is 6.28. The first-order valence-electron chi connectivity index (χ1n) is 4.21. The van der Waals surface area contributed by atoms with Gasteiger partial charge in [-0.3, -0.25) is 4.21 Å². The Bertz CT molecular complexity index is 285. The molecule has 0 aliphatic rings. The van der Waals surface area contributed by atoms with Crippen LogP contribution in [0.3, 0.4) is 0 Å². The Kier molecular flexibility index (Phi) is 3.95. The van der Waals surface area contributed by atoms with E-state index in [1.807, 2.05) is 17.8 Å². The van der Waals surface area contributed by atoms with Crippen molar-refractivity contribution < 1.29 is 4.21 Å². The summed E-state index contributed by atoms with van der Waals surface area (Å²) in [5.41, 5.74) is 0. The lowest BCUT2D eigenvalue weighted by atomic mass is 10.5. The highest BCUT2D eigenvalue weighted by Crippen LogP contribution is 2.00. The number of aryl methyl sites for hydroxylation is 1. The standard InChI is InChI=1S/C8H15N3OS/c1-11-6-5-10-8(11)9-4-3-7-13(2)12/h5-6H,3-4,7H2,1-2H3,(H,9,10). The van der Waals surface area contributed by atoms with Crippen LogP contribution in [-0.4, -0.2) is 32.3 Å². The molecule has 0 bridgehead atoms. The number of hydrogen-bond acceptors (Lipinski definition) is 3. The Morgan fingerprint density at radius 1 is 1.69 bits per heavy atom. The minimum Gasteiger partial charge on any atom is -0.356 e. The topological polar surface area (TPSA) is 46.9 Å². The molecule has 0 spiro atoms. The predicted octanol–water partition coefficient (Wildman–Crippen LogP) is 0.601. The van der Waals surface area contributed by atoms with Crippen molar-refractivity contribution in [1.82, 2.24) is 9.55 Å². The molecule has 1 heterocycles. The maximum Gasteiger partial charge on any atom is 0.202 e. The van der Waals surface area contributed by atoms with Crippen LogP contribution < -0.4 is 5.32 Å². The molecular weight excluding hydrogens is 186 g/mol. The molecule has 74 valence electrons. The number of nitrogens with one attached hydrogen (secondary N) is 1. The first kappa shape index (κ1) is 10.2. The Balaban J connectivity index is 2.20. The maximum absolute atomic E-state index is 10.7. The lowest BCUT2D eigenvalue weighted by Gasteiger charge is -2.04. The molecule has 1 atom stereocenters. The van der Waals surface area contributed by atoms with Crippen LogP contribution in [0.2, 0.25) is 0 Å². The third kappa shape index (κ3) is 3.59. The van der Waals surface area contributed by atoms with Crippen molar-refractivity contribution in [1.29, 1.82) is 0 Å². The van der Waals surface area contributed by atoms with E-state index < -0.39 is 10.8 Å². The molecule has 1 unspecified atom stereocenters. The summed E-state index contributed by atoms with van der Waals surface area (Å²) in [4.78, 5) is 4.11. The van der Waals surface area contributed by atoms with Crippen LogP contribution in [0.25, 0.3) is 0 Å². The molecule has 0 aromatic carbocycles. The molecule has 0 amide bonds. The van der Waals surface area contributed by atoms with Crippen molar-refractivity contribution in [2.45, 2.75) is 6.42 Å². The van der Waals surface area contributed by atoms with Crippen LogP contribution in [0, 0.1) is 0 Å². The van der Waals surface area contributed by atoms with Gasteiger partial charge < -0.3 is 9.88 Å². The second kappa shape index (κ2) is 5.01. The zero-order valence-electron chi connectivity index (χ0n) is 7.99. The van der Waals surface area contributed by atoms with Gasteiger partial charge in [-0.05, 0) is 6.42 Å². The average molecular weight is 201 g/mol. The smallest absolute Gasteiger partial charge is 0.202 e. The molecule has 1 N–H and O–H groups in total. The van der Waals surface area contributed by atoms with Crippen LogP contribution in [0.1, 0.15) is 6.42 Å². The molecular formula is C8H15N3OS. The average Bonchev–Trinajstić information content (AvgIpc) is 2.45. The van der Waals surface area contributed by atoms with Crippen molar-refractivity contribution in [3.8, 4) is 0 Å². The minimum atomic E-state index is -0.686. The van der Waals surface area contributed by atoms with Gasteiger partial charge in [0.05, 0.1) is 0 Å². The van der Waals surface area contributed by atoms with Crippen LogP contribution in [0.15, 0.2) is 12.4 Å². The number of aromatic nitrogens is 2. The summed E-state index contributed by atoms with van der Waals surface area (Å²) in [6, 6.07) is 0. The molecule has 0 fully saturated rings. The Hall–Kier alpha value is -0.840. The highest BCUT2D eigenvalue weighted by molar-refractivity contribution is 7.84. The fourth-order valence-electron chi connectivity index (χ4n) is 1.01. The summed E-state index contributed by atoms with van der Waals surface area (Å²) in [5, 5.41) is 3.17. The van der Waals surface area contributed by atoms with E-state index >= 15 is 0 Å². The van der Waals surface area contributed by atoms with Gasteiger partial charge in [0, 0.05) is 48.8 Å². The molecule has 4 nitrogen and oxygen atoms in total. The van der Waals surface area contributed by atoms with E-state index in [1.54, 1.807) is 12.5 Å². The summed E-state index contributed by atoms with van der Waals surface area (Å²) >= 11 is 0. The lowest BCUT2D eigenvalue weighted by molar-refractivity contribution is 0.685. The third-order valence-electron chi connectivity index (χ3n) is 1.71. The Labute approximate surface area is 80.8 Å². The highest BCUT2D eigenvalue weighted by atomic mass is 32.2. The predicted molar refractivity (Wildman–Crippen MR) is 55.2 cm³/mol. The lowest BCUT2D eigenvalue weighted by Crippen LogP contribution is -2.09. The molecule has 5 heteroatoms. The molecule has 0 aliphatic carbocycles. The molecule has 1 aromatic heterocycles. The summed E-state index contributed by atoms with van der Waals surface area (Å²) in [7, 11) is 1.25. The van der Waals surface area contributed by atoms with E-state index in [4.69, 9.17) is 0 Å². The van der Waals surface area contributed by atoms with Crippen molar-refractivity contribution in [2.75, 3.05) is 23.9 Å². The van der Waals surface area contributed by atoms with Gasteiger partial charge in [-0.25, -0.2) is 4.98 Å². The molecule has 13 heavy (non-hydrogen) atoms. The van der Waals surface area contributed by atoms with E-state index in [-0.39, 0.29) is 0 Å². The van der Waals surface area contributed by atoms with E-state index in [0.29, 0.717) is 0 Å². The van der Waals surface area contributed by atoms with Crippen molar-refractivity contribution in [2.24, 2.45) is 7.05 Å². The quantitative estimate of drug-likeness (QED) is 0.710. The zero-order chi connectivity index (χ0) is 9.68. The summed E-state index contributed by atoms with van der Waals surface area (Å²) < 4.78 is 12.7. The van der Waals surface area contributed by atoms with Gasteiger partial charge in [-0.15, -0.1) is 0 Å². The Morgan fingerprint density at radius 2 is 2.46 bits per heavy atom. The number of rotatable bonds is 5. The van der Waals surface area contributed by atoms with Gasteiger partial charge >= 0.3 is 0 Å². The largest absolute Gasteiger partial charge is 0.356 e. The van der Waals surface area contributed by atoms with Crippen LogP contribution >= 0.6 is 0 Å². The molecule has 0 saturated carbocycles. The first-order valence-corrected chi connectivity index (χ1v) is 5.94. The first-order chi connectivity index (χ1) is 6.20. The van der Waals surface area contributed by atoms with Gasteiger partial charge in [-0.1, -0.05) is 0 Å². The van der Waals surface area contributed by atoms with E-state index in [1.165, 1.54) is 0 Å². The van der Waals surface area contributed by atoms with E-state index in [0.717, 1.165) is 24.7 Å². The van der Waals surface area contributed by atoms with Gasteiger partial charge in [-0.2, -0.15) is 0 Å². The van der Waals surface area contributed by atoms with E-state index in [2.05, 4.69) is 10.3 Å². The molecule has 0 radical (unpaired) electrons. The summed E-state index contributed by atoms with van der Waals surface area (Å²) in [6.45, 7) is 0.824. The van der Waals surface area contributed by atoms with Gasteiger partial charge in [0.15, 0.2) is 0 Å². The van der Waals surface area contributed by atoms with Gasteiger partial charge in [0.2, 0.25) is 5.95 Å². The third-order valence-corrected chi connectivity index (χ3v) is 2.58. The van der Waals surface area contributed by atoms with Crippen LogP contribution in [-0.2, 0) is 17.8 Å².